The highest BCUT2D eigenvalue weighted by molar-refractivity contribution is 4.92. The largest absolute Gasteiger partial charge is 0.381 e. The molecule has 0 aromatic heterocycles. The summed E-state index contributed by atoms with van der Waals surface area (Å²) in [6.45, 7) is 11.4. The molecule has 2 unspecified atom stereocenters. The Bertz CT molecular complexity index is 161. The van der Waals surface area contributed by atoms with Crippen LogP contribution >= 0.6 is 0 Å². The average Bonchev–Trinajstić information content (AvgIpc) is 2.37. The Morgan fingerprint density at radius 2 is 1.58 bits per heavy atom. The highest BCUT2D eigenvalue weighted by Crippen LogP contribution is 2.32. The maximum absolute atomic E-state index is 5.45. The summed E-state index contributed by atoms with van der Waals surface area (Å²) in [6.07, 6.45) is 0. The Kier molecular flexibility index (Phi) is 1.92. The minimum atomic E-state index is 0.352. The molecule has 0 aromatic rings. The molecule has 2 heterocycles. The van der Waals surface area contributed by atoms with Gasteiger partial charge in [0.15, 0.2) is 0 Å². The molecule has 70 valence electrons. The lowest BCUT2D eigenvalue weighted by atomic mass is 10.0. The van der Waals surface area contributed by atoms with Gasteiger partial charge in [0.05, 0.1) is 13.2 Å². The Morgan fingerprint density at radius 3 is 2.00 bits per heavy atom. The maximum atomic E-state index is 5.45. The van der Waals surface area contributed by atoms with Crippen molar-refractivity contribution >= 4 is 0 Å². The molecule has 0 saturated carbocycles. The Labute approximate surface area is 74.9 Å². The quantitative estimate of drug-likeness (QED) is 0.543. The molecule has 0 N–H and O–H groups in total. The molecule has 2 aliphatic heterocycles. The fourth-order valence-corrected chi connectivity index (χ4v) is 2.23. The second kappa shape index (κ2) is 2.71. The van der Waals surface area contributed by atoms with Gasteiger partial charge >= 0.3 is 0 Å². The van der Waals surface area contributed by atoms with Crippen LogP contribution in [0.4, 0.5) is 0 Å². The summed E-state index contributed by atoms with van der Waals surface area (Å²) in [6, 6.07) is 0. The zero-order chi connectivity index (χ0) is 8.77. The topological polar surface area (TPSA) is 12.5 Å². The van der Waals surface area contributed by atoms with Crippen LogP contribution in [-0.2, 0) is 4.74 Å². The smallest absolute Gasteiger partial charge is 0.0510 e. The van der Waals surface area contributed by atoms with Gasteiger partial charge in [-0.25, -0.2) is 0 Å². The second-order valence-corrected chi connectivity index (χ2v) is 5.13. The number of ether oxygens (including phenoxy) is 1. The third-order valence-electron chi connectivity index (χ3n) is 3.19. The Hall–Kier alpha value is -0.0800. The van der Waals surface area contributed by atoms with E-state index in [2.05, 4.69) is 25.7 Å². The van der Waals surface area contributed by atoms with E-state index in [1.54, 1.807) is 0 Å². The van der Waals surface area contributed by atoms with E-state index in [9.17, 15) is 0 Å². The van der Waals surface area contributed by atoms with Crippen LogP contribution in [0, 0.1) is 11.8 Å². The lowest BCUT2D eigenvalue weighted by Gasteiger charge is -2.32. The molecule has 0 aliphatic carbocycles. The molecule has 2 saturated heterocycles. The monoisotopic (exact) mass is 169 g/mol. The zero-order valence-electron chi connectivity index (χ0n) is 8.34. The van der Waals surface area contributed by atoms with E-state index in [4.69, 9.17) is 4.74 Å². The van der Waals surface area contributed by atoms with Gasteiger partial charge in [-0.3, -0.25) is 4.90 Å². The van der Waals surface area contributed by atoms with E-state index < -0.39 is 0 Å². The molecule has 2 heteroatoms. The summed E-state index contributed by atoms with van der Waals surface area (Å²) in [5.74, 6) is 1.65. The number of likely N-dealkylation sites (tertiary alicyclic amines) is 1. The predicted molar refractivity (Wildman–Crippen MR) is 49.1 cm³/mol. The lowest BCUT2D eigenvalue weighted by molar-refractivity contribution is 0.114. The number of rotatable bonds is 0. The number of hydrogen-bond acceptors (Lipinski definition) is 2. The van der Waals surface area contributed by atoms with Gasteiger partial charge in [0.25, 0.3) is 0 Å². The summed E-state index contributed by atoms with van der Waals surface area (Å²) in [7, 11) is 0. The Balaban J connectivity index is 1.99. The first kappa shape index (κ1) is 8.52. The first-order chi connectivity index (χ1) is 5.57. The summed E-state index contributed by atoms with van der Waals surface area (Å²) < 4.78 is 5.45. The molecule has 2 nitrogen and oxygen atoms in total. The van der Waals surface area contributed by atoms with E-state index in [1.807, 2.05) is 0 Å². The van der Waals surface area contributed by atoms with Gasteiger partial charge in [-0.15, -0.1) is 0 Å². The van der Waals surface area contributed by atoms with E-state index >= 15 is 0 Å². The molecule has 2 atom stereocenters. The molecule has 0 bridgehead atoms. The van der Waals surface area contributed by atoms with Crippen molar-refractivity contribution in [3.05, 3.63) is 0 Å². The van der Waals surface area contributed by atoms with Crippen LogP contribution in [-0.4, -0.2) is 36.7 Å². The highest BCUT2D eigenvalue weighted by Gasteiger charge is 2.40. The van der Waals surface area contributed by atoms with Gasteiger partial charge in [-0.05, 0) is 20.8 Å². The minimum Gasteiger partial charge on any atom is -0.381 e. The van der Waals surface area contributed by atoms with Crippen molar-refractivity contribution in [1.29, 1.82) is 0 Å². The average molecular weight is 169 g/mol. The van der Waals surface area contributed by atoms with Crippen LogP contribution in [0.25, 0.3) is 0 Å². The van der Waals surface area contributed by atoms with Crippen molar-refractivity contribution in [3.63, 3.8) is 0 Å². The van der Waals surface area contributed by atoms with Crippen molar-refractivity contribution in [1.82, 2.24) is 4.90 Å². The summed E-state index contributed by atoms with van der Waals surface area (Å²) in [5, 5.41) is 0. The van der Waals surface area contributed by atoms with Crippen LogP contribution in [0.15, 0.2) is 0 Å². The standard InChI is InChI=1S/C10H19NO/c1-10(2,3)11-4-8-6-12-7-9(8)5-11/h8-9H,4-7H2,1-3H3. The molecule has 12 heavy (non-hydrogen) atoms. The molecular weight excluding hydrogens is 150 g/mol. The number of fused-ring (bicyclic) bond motifs is 1. The van der Waals surface area contributed by atoms with E-state index in [0.717, 1.165) is 25.0 Å². The minimum absolute atomic E-state index is 0.352. The first-order valence-corrected chi connectivity index (χ1v) is 4.90. The van der Waals surface area contributed by atoms with Crippen molar-refractivity contribution in [2.45, 2.75) is 26.3 Å². The van der Waals surface area contributed by atoms with Crippen LogP contribution < -0.4 is 0 Å². The second-order valence-electron chi connectivity index (χ2n) is 5.13. The third-order valence-corrected chi connectivity index (χ3v) is 3.19. The van der Waals surface area contributed by atoms with Gasteiger partial charge in [0.2, 0.25) is 0 Å². The van der Waals surface area contributed by atoms with Gasteiger partial charge in [-0.1, -0.05) is 0 Å². The van der Waals surface area contributed by atoms with Crippen molar-refractivity contribution in [2.75, 3.05) is 26.3 Å². The SMILES string of the molecule is CC(C)(C)N1CC2COCC2C1. The summed E-state index contributed by atoms with van der Waals surface area (Å²) in [4.78, 5) is 2.59. The molecular formula is C10H19NO. The van der Waals surface area contributed by atoms with Crippen LogP contribution in [0.1, 0.15) is 20.8 Å². The normalized spacial score (nSPS) is 37.2. The van der Waals surface area contributed by atoms with Crippen LogP contribution in [0.3, 0.4) is 0 Å². The van der Waals surface area contributed by atoms with Crippen LogP contribution in [0.2, 0.25) is 0 Å². The fraction of sp³-hybridized carbons (Fsp3) is 1.00. The molecule has 0 radical (unpaired) electrons. The van der Waals surface area contributed by atoms with E-state index in [0.29, 0.717) is 5.54 Å². The first-order valence-electron chi connectivity index (χ1n) is 4.90. The van der Waals surface area contributed by atoms with Crippen molar-refractivity contribution in [2.24, 2.45) is 11.8 Å². The van der Waals surface area contributed by atoms with E-state index in [1.165, 1.54) is 13.1 Å². The summed E-state index contributed by atoms with van der Waals surface area (Å²) in [5.41, 5.74) is 0.352. The highest BCUT2D eigenvalue weighted by atomic mass is 16.5. The van der Waals surface area contributed by atoms with Crippen LogP contribution in [0.5, 0.6) is 0 Å². The Morgan fingerprint density at radius 1 is 1.08 bits per heavy atom. The molecule has 2 rings (SSSR count). The molecule has 0 amide bonds. The van der Waals surface area contributed by atoms with Crippen molar-refractivity contribution < 1.29 is 4.74 Å². The molecule has 2 fully saturated rings. The lowest BCUT2D eigenvalue weighted by Crippen LogP contribution is -2.40. The summed E-state index contributed by atoms with van der Waals surface area (Å²) >= 11 is 0. The zero-order valence-corrected chi connectivity index (χ0v) is 8.34. The number of nitrogens with zero attached hydrogens (tertiary/aromatic N) is 1. The molecule has 0 aromatic carbocycles. The predicted octanol–water partition coefficient (Wildman–Crippen LogP) is 1.36. The number of hydrogen-bond donors (Lipinski definition) is 0. The van der Waals surface area contributed by atoms with Crippen molar-refractivity contribution in [3.8, 4) is 0 Å². The third kappa shape index (κ3) is 1.38. The maximum Gasteiger partial charge on any atom is 0.0510 e. The van der Waals surface area contributed by atoms with E-state index in [-0.39, 0.29) is 0 Å². The van der Waals surface area contributed by atoms with Gasteiger partial charge in [0.1, 0.15) is 0 Å². The van der Waals surface area contributed by atoms with Gasteiger partial charge in [-0.2, -0.15) is 0 Å². The fourth-order valence-electron chi connectivity index (χ4n) is 2.23. The van der Waals surface area contributed by atoms with Gasteiger partial charge in [0, 0.05) is 30.5 Å². The van der Waals surface area contributed by atoms with Gasteiger partial charge < -0.3 is 4.74 Å². The molecule has 2 aliphatic rings. The molecule has 0 spiro atoms.